The molecule has 0 bridgehead atoms. The lowest BCUT2D eigenvalue weighted by molar-refractivity contribution is -0.129. The zero-order chi connectivity index (χ0) is 22.4. The Balaban J connectivity index is 1.80. The van der Waals surface area contributed by atoms with E-state index in [-0.39, 0.29) is 11.8 Å². The molecule has 2 amide bonds. The minimum Gasteiger partial charge on any atom is -0.494 e. The highest BCUT2D eigenvalue weighted by Gasteiger charge is 2.18. The van der Waals surface area contributed by atoms with Crippen LogP contribution in [0.3, 0.4) is 0 Å². The van der Waals surface area contributed by atoms with E-state index in [9.17, 15) is 9.59 Å². The normalized spacial score (nSPS) is 10.6. The molecule has 3 rings (SSSR count). The molecule has 0 atom stereocenters. The molecular formula is C24H27N3O3S. The monoisotopic (exact) mass is 437 g/mol. The number of amides is 2. The average Bonchev–Trinajstić information content (AvgIpc) is 3.15. The van der Waals surface area contributed by atoms with Gasteiger partial charge >= 0.3 is 0 Å². The van der Waals surface area contributed by atoms with Gasteiger partial charge in [0.2, 0.25) is 5.91 Å². The molecule has 0 aliphatic heterocycles. The quantitative estimate of drug-likeness (QED) is 0.530. The molecule has 2 aromatic carbocycles. The number of benzene rings is 2. The van der Waals surface area contributed by atoms with E-state index in [1.165, 1.54) is 11.3 Å². The van der Waals surface area contributed by atoms with Gasteiger partial charge in [-0.15, -0.1) is 11.3 Å². The smallest absolute Gasteiger partial charge is 0.267 e. The van der Waals surface area contributed by atoms with Crippen molar-refractivity contribution in [3.05, 3.63) is 64.7 Å². The summed E-state index contributed by atoms with van der Waals surface area (Å²) in [6, 6.07) is 15.2. The largest absolute Gasteiger partial charge is 0.494 e. The summed E-state index contributed by atoms with van der Waals surface area (Å²) in [7, 11) is 0. The number of nitrogens with one attached hydrogen (secondary N) is 1. The lowest BCUT2D eigenvalue weighted by Gasteiger charge is -2.21. The Bertz CT molecular complexity index is 1060. The molecule has 0 spiro atoms. The van der Waals surface area contributed by atoms with Gasteiger partial charge in [-0.05, 0) is 56.7 Å². The third kappa shape index (κ3) is 5.49. The number of rotatable bonds is 8. The number of aryl methyl sites for hydroxylation is 1. The molecule has 0 saturated heterocycles. The van der Waals surface area contributed by atoms with Crippen LogP contribution in [0.2, 0.25) is 0 Å². The molecular weight excluding hydrogens is 410 g/mol. The zero-order valence-corrected chi connectivity index (χ0v) is 19.1. The van der Waals surface area contributed by atoms with E-state index in [1.807, 2.05) is 69.3 Å². The number of carbonyl (C=O) groups excluding carboxylic acids is 2. The first-order valence-electron chi connectivity index (χ1n) is 10.3. The Morgan fingerprint density at radius 2 is 1.81 bits per heavy atom. The molecule has 0 fully saturated rings. The van der Waals surface area contributed by atoms with Gasteiger partial charge in [0, 0.05) is 31.3 Å². The number of thiazole rings is 1. The molecule has 1 heterocycles. The standard InChI is InChI=1S/C24H27N3O3S/c1-5-27(17(4)28)15-19-9-7-8-10-21(19)26-23(29)22-16(3)25-24(31-22)18-11-13-20(14-12-18)30-6-2/h7-14H,5-6,15H2,1-4H3,(H,26,29). The van der Waals surface area contributed by atoms with Crippen LogP contribution in [0.4, 0.5) is 5.69 Å². The van der Waals surface area contributed by atoms with Crippen molar-refractivity contribution in [3.8, 4) is 16.3 Å². The first kappa shape index (κ1) is 22.5. The Morgan fingerprint density at radius 1 is 1.10 bits per heavy atom. The van der Waals surface area contributed by atoms with Gasteiger partial charge in [0.25, 0.3) is 5.91 Å². The van der Waals surface area contributed by atoms with Crippen molar-refractivity contribution in [2.24, 2.45) is 0 Å². The molecule has 1 N–H and O–H groups in total. The van der Waals surface area contributed by atoms with Crippen LogP contribution in [0, 0.1) is 6.92 Å². The van der Waals surface area contributed by atoms with Crippen molar-refractivity contribution < 1.29 is 14.3 Å². The Hall–Kier alpha value is -3.19. The number of nitrogens with zero attached hydrogens (tertiary/aromatic N) is 2. The Labute approximate surface area is 186 Å². The van der Waals surface area contributed by atoms with Crippen LogP contribution in [-0.4, -0.2) is 34.8 Å². The SMILES string of the molecule is CCOc1ccc(-c2nc(C)c(C(=O)Nc3ccccc3CN(CC)C(C)=O)s2)cc1. The summed E-state index contributed by atoms with van der Waals surface area (Å²) in [6.07, 6.45) is 0. The van der Waals surface area contributed by atoms with Crippen molar-refractivity contribution >= 4 is 28.8 Å². The zero-order valence-electron chi connectivity index (χ0n) is 18.3. The molecule has 0 unspecified atom stereocenters. The van der Waals surface area contributed by atoms with Gasteiger partial charge in [-0.1, -0.05) is 18.2 Å². The number of aromatic nitrogens is 1. The number of ether oxygens (including phenoxy) is 1. The van der Waals surface area contributed by atoms with Crippen LogP contribution in [0.1, 0.15) is 41.7 Å². The second-order valence-electron chi connectivity index (χ2n) is 7.04. The molecule has 0 aliphatic carbocycles. The first-order chi connectivity index (χ1) is 14.9. The second kappa shape index (κ2) is 10.2. The molecule has 0 saturated carbocycles. The predicted octanol–water partition coefficient (Wildman–Crippen LogP) is 5.14. The van der Waals surface area contributed by atoms with Gasteiger partial charge in [0.15, 0.2) is 0 Å². The van der Waals surface area contributed by atoms with E-state index in [4.69, 9.17) is 4.74 Å². The van der Waals surface area contributed by atoms with Gasteiger partial charge in [-0.3, -0.25) is 9.59 Å². The van der Waals surface area contributed by atoms with Crippen LogP contribution < -0.4 is 10.1 Å². The molecule has 0 aliphatic rings. The number of hydrogen-bond donors (Lipinski definition) is 1. The van der Waals surface area contributed by atoms with Gasteiger partial charge < -0.3 is 15.0 Å². The second-order valence-corrected chi connectivity index (χ2v) is 8.03. The molecule has 3 aromatic rings. The molecule has 0 radical (unpaired) electrons. The molecule has 31 heavy (non-hydrogen) atoms. The lowest BCUT2D eigenvalue weighted by Crippen LogP contribution is -2.28. The van der Waals surface area contributed by atoms with Crippen LogP contribution in [0.25, 0.3) is 10.6 Å². The fraction of sp³-hybridized carbons (Fsp3) is 0.292. The summed E-state index contributed by atoms with van der Waals surface area (Å²) in [5.74, 6) is 0.605. The lowest BCUT2D eigenvalue weighted by atomic mass is 10.1. The van der Waals surface area contributed by atoms with E-state index in [2.05, 4.69) is 10.3 Å². The predicted molar refractivity (Wildman–Crippen MR) is 125 cm³/mol. The van der Waals surface area contributed by atoms with E-state index in [0.717, 1.165) is 21.9 Å². The maximum Gasteiger partial charge on any atom is 0.267 e. The van der Waals surface area contributed by atoms with Crippen LogP contribution in [-0.2, 0) is 11.3 Å². The van der Waals surface area contributed by atoms with E-state index < -0.39 is 0 Å². The van der Waals surface area contributed by atoms with Crippen LogP contribution in [0.5, 0.6) is 5.75 Å². The Kier molecular flexibility index (Phi) is 7.41. The summed E-state index contributed by atoms with van der Waals surface area (Å²) in [5, 5.41) is 3.79. The topological polar surface area (TPSA) is 71.5 Å². The van der Waals surface area contributed by atoms with Gasteiger partial charge in [-0.2, -0.15) is 0 Å². The summed E-state index contributed by atoms with van der Waals surface area (Å²) in [5.41, 5.74) is 3.21. The van der Waals surface area contributed by atoms with E-state index in [0.29, 0.717) is 36.0 Å². The summed E-state index contributed by atoms with van der Waals surface area (Å²) < 4.78 is 5.49. The average molecular weight is 438 g/mol. The van der Waals surface area contributed by atoms with Gasteiger partial charge in [0.1, 0.15) is 15.6 Å². The highest BCUT2D eigenvalue weighted by Crippen LogP contribution is 2.30. The number of para-hydroxylation sites is 1. The highest BCUT2D eigenvalue weighted by molar-refractivity contribution is 7.17. The number of carbonyl (C=O) groups is 2. The summed E-state index contributed by atoms with van der Waals surface area (Å²) in [4.78, 5) is 31.7. The summed E-state index contributed by atoms with van der Waals surface area (Å²) in [6.45, 7) is 8.94. The van der Waals surface area contributed by atoms with Gasteiger partial charge in [0.05, 0.1) is 12.3 Å². The van der Waals surface area contributed by atoms with Crippen molar-refractivity contribution in [2.45, 2.75) is 34.2 Å². The van der Waals surface area contributed by atoms with Crippen molar-refractivity contribution in [2.75, 3.05) is 18.5 Å². The fourth-order valence-electron chi connectivity index (χ4n) is 3.20. The first-order valence-corrected chi connectivity index (χ1v) is 11.1. The van der Waals surface area contributed by atoms with Gasteiger partial charge in [-0.25, -0.2) is 4.98 Å². The number of anilines is 1. The minimum absolute atomic E-state index is 0.00179. The third-order valence-electron chi connectivity index (χ3n) is 4.87. The Morgan fingerprint density at radius 3 is 2.45 bits per heavy atom. The molecule has 7 heteroatoms. The maximum absolute atomic E-state index is 13.0. The molecule has 1 aromatic heterocycles. The van der Waals surface area contributed by atoms with Crippen molar-refractivity contribution in [3.63, 3.8) is 0 Å². The minimum atomic E-state index is -0.203. The van der Waals surface area contributed by atoms with Crippen molar-refractivity contribution in [1.82, 2.24) is 9.88 Å². The van der Waals surface area contributed by atoms with Crippen molar-refractivity contribution in [1.29, 1.82) is 0 Å². The van der Waals surface area contributed by atoms with Crippen LogP contribution >= 0.6 is 11.3 Å². The number of hydrogen-bond acceptors (Lipinski definition) is 5. The van der Waals surface area contributed by atoms with Crippen LogP contribution in [0.15, 0.2) is 48.5 Å². The molecule has 162 valence electrons. The van der Waals surface area contributed by atoms with E-state index >= 15 is 0 Å². The van der Waals surface area contributed by atoms with E-state index in [1.54, 1.807) is 11.8 Å². The highest BCUT2D eigenvalue weighted by atomic mass is 32.1. The third-order valence-corrected chi connectivity index (χ3v) is 6.07. The fourth-order valence-corrected chi connectivity index (χ4v) is 4.17. The summed E-state index contributed by atoms with van der Waals surface area (Å²) >= 11 is 1.36. The molecule has 6 nitrogen and oxygen atoms in total. The maximum atomic E-state index is 13.0.